The predicted molar refractivity (Wildman–Crippen MR) is 86.1 cm³/mol. The molecule has 4 heteroatoms. The van der Waals surface area contributed by atoms with Gasteiger partial charge in [-0.15, -0.1) is 0 Å². The van der Waals surface area contributed by atoms with Crippen molar-refractivity contribution >= 4 is 21.8 Å². The predicted octanol–water partition coefficient (Wildman–Crippen LogP) is 4.17. The van der Waals surface area contributed by atoms with Gasteiger partial charge in [0.15, 0.2) is 0 Å². The lowest BCUT2D eigenvalue weighted by Crippen LogP contribution is -2.32. The Morgan fingerprint density at radius 1 is 1.19 bits per heavy atom. The Hall–Kier alpha value is -1.68. The highest BCUT2D eigenvalue weighted by Gasteiger charge is 2.17. The Kier molecular flexibility index (Phi) is 5.51. The summed E-state index contributed by atoms with van der Waals surface area (Å²) < 4.78 is 13.2. The number of nitrogens with zero attached hydrogens (tertiary/aromatic N) is 1. The van der Waals surface area contributed by atoms with Crippen LogP contribution in [0.25, 0.3) is 0 Å². The average Bonchev–Trinajstić information content (AvgIpc) is 2.47. The zero-order valence-electron chi connectivity index (χ0n) is 11.9. The lowest BCUT2D eigenvalue weighted by molar-refractivity contribution is 0.0754. The third-order valence-corrected chi connectivity index (χ3v) is 3.63. The molecule has 2 aromatic carbocycles. The highest BCUT2D eigenvalue weighted by Crippen LogP contribution is 2.15. The maximum Gasteiger partial charge on any atom is 0.254 e. The summed E-state index contributed by atoms with van der Waals surface area (Å²) in [5.74, 6) is -0.394. The fraction of sp³-hybridized carbons (Fsp3) is 0.235. The first-order valence-electron chi connectivity index (χ1n) is 6.77. The van der Waals surface area contributed by atoms with Crippen molar-refractivity contribution in [1.82, 2.24) is 4.90 Å². The molecule has 0 aliphatic rings. The molecule has 2 rings (SSSR count). The van der Waals surface area contributed by atoms with Gasteiger partial charge in [0.1, 0.15) is 5.82 Å². The molecule has 0 fully saturated rings. The van der Waals surface area contributed by atoms with Crippen LogP contribution in [0, 0.1) is 12.7 Å². The van der Waals surface area contributed by atoms with Gasteiger partial charge in [0.05, 0.1) is 0 Å². The molecular weight excluding hydrogens is 333 g/mol. The minimum Gasteiger partial charge on any atom is -0.333 e. The topological polar surface area (TPSA) is 20.3 Å². The highest BCUT2D eigenvalue weighted by atomic mass is 79.9. The quantitative estimate of drug-likeness (QED) is 0.741. The molecule has 0 aromatic heterocycles. The lowest BCUT2D eigenvalue weighted by atomic mass is 10.1. The number of aryl methyl sites for hydroxylation is 1. The Bertz CT molecular complexity index is 615. The van der Waals surface area contributed by atoms with Crippen LogP contribution in [0.3, 0.4) is 0 Å². The maximum atomic E-state index is 13.2. The van der Waals surface area contributed by atoms with E-state index in [1.165, 1.54) is 12.1 Å². The first-order valence-corrected chi connectivity index (χ1v) is 7.89. The average molecular weight is 350 g/mol. The second kappa shape index (κ2) is 7.36. The van der Waals surface area contributed by atoms with Crippen LogP contribution in [0.5, 0.6) is 0 Å². The van der Waals surface area contributed by atoms with E-state index in [0.29, 0.717) is 29.5 Å². The van der Waals surface area contributed by atoms with Crippen LogP contribution in [-0.2, 0) is 6.54 Å². The second-order valence-corrected chi connectivity index (χ2v) is 5.65. The molecular formula is C17H17BrFNO. The lowest BCUT2D eigenvalue weighted by Gasteiger charge is -2.23. The van der Waals surface area contributed by atoms with Crippen molar-refractivity contribution < 1.29 is 9.18 Å². The van der Waals surface area contributed by atoms with Crippen molar-refractivity contribution in [2.24, 2.45) is 0 Å². The van der Waals surface area contributed by atoms with E-state index < -0.39 is 0 Å². The molecule has 0 heterocycles. The monoisotopic (exact) mass is 349 g/mol. The third-order valence-electron chi connectivity index (χ3n) is 3.28. The van der Waals surface area contributed by atoms with Gasteiger partial charge in [-0.1, -0.05) is 46.3 Å². The molecule has 2 aromatic rings. The van der Waals surface area contributed by atoms with Crippen molar-refractivity contribution in [1.29, 1.82) is 0 Å². The van der Waals surface area contributed by atoms with Crippen molar-refractivity contribution in [2.75, 3.05) is 11.9 Å². The standard InChI is InChI=1S/C17H17BrFNO/c1-13-11-15(19)7-8-16(13)17(21)20(10-9-18)12-14-5-3-2-4-6-14/h2-8,11H,9-10,12H2,1H3. The van der Waals surface area contributed by atoms with Gasteiger partial charge in [0.2, 0.25) is 0 Å². The van der Waals surface area contributed by atoms with Crippen LogP contribution < -0.4 is 0 Å². The van der Waals surface area contributed by atoms with Gasteiger partial charge >= 0.3 is 0 Å². The molecule has 0 atom stereocenters. The van der Waals surface area contributed by atoms with E-state index in [2.05, 4.69) is 15.9 Å². The molecule has 110 valence electrons. The van der Waals surface area contributed by atoms with Crippen molar-refractivity contribution in [3.8, 4) is 0 Å². The smallest absolute Gasteiger partial charge is 0.254 e. The van der Waals surface area contributed by atoms with Crippen molar-refractivity contribution in [3.05, 3.63) is 71.0 Å². The van der Waals surface area contributed by atoms with Gasteiger partial charge in [-0.3, -0.25) is 4.79 Å². The second-order valence-electron chi connectivity index (χ2n) is 4.86. The van der Waals surface area contributed by atoms with Gasteiger partial charge in [-0.25, -0.2) is 4.39 Å². The number of carbonyl (C=O) groups is 1. The Morgan fingerprint density at radius 3 is 2.52 bits per heavy atom. The molecule has 0 N–H and O–H groups in total. The summed E-state index contributed by atoms with van der Waals surface area (Å²) in [6, 6.07) is 14.1. The zero-order valence-corrected chi connectivity index (χ0v) is 13.4. The summed E-state index contributed by atoms with van der Waals surface area (Å²) in [6.45, 7) is 2.90. The van der Waals surface area contributed by atoms with Gasteiger partial charge < -0.3 is 4.90 Å². The maximum absolute atomic E-state index is 13.2. The first kappa shape index (κ1) is 15.7. The summed E-state index contributed by atoms with van der Waals surface area (Å²) in [6.07, 6.45) is 0. The number of halogens is 2. The van der Waals surface area contributed by atoms with Crippen molar-refractivity contribution in [3.63, 3.8) is 0 Å². The molecule has 2 nitrogen and oxygen atoms in total. The van der Waals surface area contributed by atoms with Crippen LogP contribution in [0.15, 0.2) is 48.5 Å². The van der Waals surface area contributed by atoms with E-state index in [4.69, 9.17) is 0 Å². The fourth-order valence-corrected chi connectivity index (χ4v) is 2.62. The largest absolute Gasteiger partial charge is 0.333 e. The third kappa shape index (κ3) is 4.14. The molecule has 0 aliphatic heterocycles. The van der Waals surface area contributed by atoms with Gasteiger partial charge in [0, 0.05) is 24.0 Å². The summed E-state index contributed by atoms with van der Waals surface area (Å²) in [5.41, 5.74) is 2.28. The number of alkyl halides is 1. The molecule has 21 heavy (non-hydrogen) atoms. The van der Waals surface area contributed by atoms with E-state index in [-0.39, 0.29) is 11.7 Å². The molecule has 0 aliphatic carbocycles. The van der Waals surface area contributed by atoms with E-state index in [1.54, 1.807) is 17.9 Å². The SMILES string of the molecule is Cc1cc(F)ccc1C(=O)N(CCBr)Cc1ccccc1. The summed E-state index contributed by atoms with van der Waals surface area (Å²) in [7, 11) is 0. The van der Waals surface area contributed by atoms with E-state index in [9.17, 15) is 9.18 Å². The summed E-state index contributed by atoms with van der Waals surface area (Å²) >= 11 is 3.38. The van der Waals surface area contributed by atoms with E-state index in [0.717, 1.165) is 5.56 Å². The molecule has 0 spiro atoms. The number of hydrogen-bond donors (Lipinski definition) is 0. The molecule has 0 saturated carbocycles. The number of rotatable bonds is 5. The number of benzene rings is 2. The normalized spacial score (nSPS) is 10.4. The summed E-state index contributed by atoms with van der Waals surface area (Å²) in [5, 5.41) is 0.700. The minimum atomic E-state index is -0.320. The molecule has 0 unspecified atom stereocenters. The Labute approximate surface area is 132 Å². The first-order chi connectivity index (χ1) is 10.1. The van der Waals surface area contributed by atoms with Crippen LogP contribution >= 0.6 is 15.9 Å². The van der Waals surface area contributed by atoms with E-state index in [1.807, 2.05) is 30.3 Å². The van der Waals surface area contributed by atoms with Crippen LogP contribution in [0.4, 0.5) is 4.39 Å². The van der Waals surface area contributed by atoms with Gasteiger partial charge in [-0.2, -0.15) is 0 Å². The Balaban J connectivity index is 2.23. The van der Waals surface area contributed by atoms with Crippen LogP contribution in [-0.4, -0.2) is 22.7 Å². The van der Waals surface area contributed by atoms with Crippen LogP contribution in [0.1, 0.15) is 21.5 Å². The summed E-state index contributed by atoms with van der Waals surface area (Å²) in [4.78, 5) is 14.4. The fourth-order valence-electron chi connectivity index (χ4n) is 2.20. The molecule has 0 radical (unpaired) electrons. The Morgan fingerprint density at radius 2 is 1.90 bits per heavy atom. The van der Waals surface area contributed by atoms with Crippen LogP contribution in [0.2, 0.25) is 0 Å². The number of amides is 1. The van der Waals surface area contributed by atoms with Crippen molar-refractivity contribution in [2.45, 2.75) is 13.5 Å². The molecule has 0 saturated heterocycles. The number of carbonyl (C=O) groups excluding carboxylic acids is 1. The molecule has 0 bridgehead atoms. The number of hydrogen-bond acceptors (Lipinski definition) is 1. The molecule has 1 amide bonds. The van der Waals surface area contributed by atoms with Gasteiger partial charge in [-0.05, 0) is 36.2 Å². The minimum absolute atomic E-state index is 0.0733. The zero-order chi connectivity index (χ0) is 15.2. The van der Waals surface area contributed by atoms with E-state index >= 15 is 0 Å². The van der Waals surface area contributed by atoms with Gasteiger partial charge in [0.25, 0.3) is 5.91 Å². The highest BCUT2D eigenvalue weighted by molar-refractivity contribution is 9.09.